The molecule has 0 aliphatic carbocycles. The van der Waals surface area contributed by atoms with Crippen LogP contribution in [-0.2, 0) is 4.79 Å². The lowest BCUT2D eigenvalue weighted by Gasteiger charge is -2.25. The summed E-state index contributed by atoms with van der Waals surface area (Å²) in [5.74, 6) is -0.391. The monoisotopic (exact) mass is 226 g/mol. The third kappa shape index (κ3) is 2.82. The van der Waals surface area contributed by atoms with Crippen LogP contribution < -0.4 is 0 Å². The molecule has 2 unspecified atom stereocenters. The molecule has 0 amide bonds. The molecule has 5 heteroatoms. The lowest BCUT2D eigenvalue weighted by atomic mass is 10.1. The number of oxazole rings is 1. The van der Waals surface area contributed by atoms with Gasteiger partial charge in [-0.2, -0.15) is 0 Å². The molecule has 1 rings (SSSR count). The average Bonchev–Trinajstić information content (AvgIpc) is 2.62. The highest BCUT2D eigenvalue weighted by Gasteiger charge is 2.21. The van der Waals surface area contributed by atoms with Crippen molar-refractivity contribution in [1.82, 2.24) is 9.88 Å². The van der Waals surface area contributed by atoms with E-state index >= 15 is 0 Å². The normalized spacial score (nSPS) is 15.1. The second-order valence-corrected chi connectivity index (χ2v) is 4.15. The summed E-state index contributed by atoms with van der Waals surface area (Å²) in [6, 6.07) is 0.0561. The van der Waals surface area contributed by atoms with Crippen LogP contribution in [0.2, 0.25) is 0 Å². The van der Waals surface area contributed by atoms with Gasteiger partial charge in [-0.05, 0) is 20.9 Å². The van der Waals surface area contributed by atoms with Gasteiger partial charge in [-0.1, -0.05) is 6.92 Å². The molecule has 90 valence electrons. The van der Waals surface area contributed by atoms with Crippen molar-refractivity contribution in [2.45, 2.75) is 26.8 Å². The van der Waals surface area contributed by atoms with Crippen molar-refractivity contribution in [1.29, 1.82) is 0 Å². The molecule has 1 heterocycles. The standard InChI is InChI=1S/C11H18N2O3/c1-7(11(14)15)5-13(4)8(2)10-9(3)16-6-12-10/h6-8H,5H2,1-4H3,(H,14,15). The Morgan fingerprint density at radius 1 is 1.62 bits per heavy atom. The van der Waals surface area contributed by atoms with Crippen molar-refractivity contribution >= 4 is 5.97 Å². The number of carboxylic acids is 1. The summed E-state index contributed by atoms with van der Waals surface area (Å²) in [4.78, 5) is 16.8. The number of rotatable bonds is 5. The molecule has 1 aromatic heterocycles. The van der Waals surface area contributed by atoms with E-state index in [1.165, 1.54) is 6.39 Å². The molecule has 0 aromatic carbocycles. The van der Waals surface area contributed by atoms with E-state index in [-0.39, 0.29) is 12.0 Å². The van der Waals surface area contributed by atoms with Gasteiger partial charge in [0.05, 0.1) is 17.7 Å². The molecule has 1 N–H and O–H groups in total. The number of carbonyl (C=O) groups is 1. The highest BCUT2D eigenvalue weighted by molar-refractivity contribution is 5.69. The molecule has 0 aliphatic rings. The van der Waals surface area contributed by atoms with Crippen LogP contribution in [0.4, 0.5) is 0 Å². The molecule has 0 radical (unpaired) electrons. The quantitative estimate of drug-likeness (QED) is 0.827. The third-order valence-corrected chi connectivity index (χ3v) is 2.82. The fraction of sp³-hybridized carbons (Fsp3) is 0.636. The zero-order chi connectivity index (χ0) is 12.3. The van der Waals surface area contributed by atoms with Crippen LogP contribution in [0.3, 0.4) is 0 Å². The minimum Gasteiger partial charge on any atom is -0.481 e. The van der Waals surface area contributed by atoms with Gasteiger partial charge in [-0.3, -0.25) is 9.69 Å². The summed E-state index contributed by atoms with van der Waals surface area (Å²) in [5.41, 5.74) is 0.861. The summed E-state index contributed by atoms with van der Waals surface area (Å²) < 4.78 is 5.13. The summed E-state index contributed by atoms with van der Waals surface area (Å²) in [6.45, 7) is 6.02. The van der Waals surface area contributed by atoms with E-state index in [2.05, 4.69) is 4.98 Å². The second kappa shape index (κ2) is 5.12. The Morgan fingerprint density at radius 3 is 2.69 bits per heavy atom. The van der Waals surface area contributed by atoms with Crippen LogP contribution in [0.5, 0.6) is 0 Å². The predicted molar refractivity (Wildman–Crippen MR) is 59.1 cm³/mol. The highest BCUT2D eigenvalue weighted by atomic mass is 16.4. The average molecular weight is 226 g/mol. The number of hydrogen-bond donors (Lipinski definition) is 1. The Balaban J connectivity index is 2.64. The Bertz CT molecular complexity index is 362. The predicted octanol–water partition coefficient (Wildman–Crippen LogP) is 1.70. The van der Waals surface area contributed by atoms with Crippen LogP contribution in [-0.4, -0.2) is 34.6 Å². The summed E-state index contributed by atoms with van der Waals surface area (Å²) in [6.07, 6.45) is 1.41. The molecule has 16 heavy (non-hydrogen) atoms. The maximum atomic E-state index is 10.8. The van der Waals surface area contributed by atoms with Crippen molar-refractivity contribution in [2.75, 3.05) is 13.6 Å². The van der Waals surface area contributed by atoms with E-state index in [1.807, 2.05) is 25.8 Å². The maximum absolute atomic E-state index is 10.8. The topological polar surface area (TPSA) is 66.6 Å². The lowest BCUT2D eigenvalue weighted by Crippen LogP contribution is -2.31. The van der Waals surface area contributed by atoms with Gasteiger partial charge in [0.1, 0.15) is 5.76 Å². The fourth-order valence-corrected chi connectivity index (χ4v) is 1.59. The third-order valence-electron chi connectivity index (χ3n) is 2.82. The smallest absolute Gasteiger partial charge is 0.307 e. The van der Waals surface area contributed by atoms with Crippen molar-refractivity contribution in [2.24, 2.45) is 5.92 Å². The van der Waals surface area contributed by atoms with E-state index in [0.29, 0.717) is 6.54 Å². The van der Waals surface area contributed by atoms with Crippen LogP contribution >= 0.6 is 0 Å². The van der Waals surface area contributed by atoms with Gasteiger partial charge in [0, 0.05) is 6.54 Å². The van der Waals surface area contributed by atoms with E-state index < -0.39 is 5.97 Å². The first-order valence-electron chi connectivity index (χ1n) is 5.26. The number of aryl methyl sites for hydroxylation is 1. The first-order chi connectivity index (χ1) is 7.43. The largest absolute Gasteiger partial charge is 0.481 e. The minimum atomic E-state index is -0.782. The minimum absolute atomic E-state index is 0.0561. The fourth-order valence-electron chi connectivity index (χ4n) is 1.59. The molecule has 2 atom stereocenters. The van der Waals surface area contributed by atoms with Gasteiger partial charge in [0.2, 0.25) is 0 Å². The molecule has 5 nitrogen and oxygen atoms in total. The van der Waals surface area contributed by atoms with Crippen molar-refractivity contribution in [3.8, 4) is 0 Å². The van der Waals surface area contributed by atoms with Crippen molar-refractivity contribution in [3.05, 3.63) is 17.8 Å². The number of nitrogens with zero attached hydrogens (tertiary/aromatic N) is 2. The highest BCUT2D eigenvalue weighted by Crippen LogP contribution is 2.21. The van der Waals surface area contributed by atoms with Gasteiger partial charge >= 0.3 is 5.97 Å². The Morgan fingerprint density at radius 2 is 2.25 bits per heavy atom. The molecule has 0 aliphatic heterocycles. The maximum Gasteiger partial charge on any atom is 0.307 e. The first kappa shape index (κ1) is 12.7. The van der Waals surface area contributed by atoms with Gasteiger partial charge in [0.25, 0.3) is 0 Å². The van der Waals surface area contributed by atoms with Crippen LogP contribution in [0.25, 0.3) is 0 Å². The van der Waals surface area contributed by atoms with Gasteiger partial charge in [0.15, 0.2) is 6.39 Å². The zero-order valence-electron chi connectivity index (χ0n) is 10.1. The Hall–Kier alpha value is -1.36. The van der Waals surface area contributed by atoms with E-state index in [0.717, 1.165) is 11.5 Å². The molecular formula is C11H18N2O3. The van der Waals surface area contributed by atoms with Crippen LogP contribution in [0.1, 0.15) is 31.3 Å². The Kier molecular flexibility index (Phi) is 4.06. The summed E-state index contributed by atoms with van der Waals surface area (Å²) in [7, 11) is 1.89. The number of aliphatic carboxylic acids is 1. The molecule has 0 saturated carbocycles. The SMILES string of the molecule is Cc1ocnc1C(C)N(C)CC(C)C(=O)O. The number of hydrogen-bond acceptors (Lipinski definition) is 4. The molecule has 1 aromatic rings. The lowest BCUT2D eigenvalue weighted by molar-refractivity contribution is -0.141. The molecule has 0 spiro atoms. The van der Waals surface area contributed by atoms with Crippen LogP contribution in [0.15, 0.2) is 10.8 Å². The van der Waals surface area contributed by atoms with Gasteiger partial charge < -0.3 is 9.52 Å². The van der Waals surface area contributed by atoms with E-state index in [9.17, 15) is 4.79 Å². The molecule has 0 fully saturated rings. The van der Waals surface area contributed by atoms with E-state index in [4.69, 9.17) is 9.52 Å². The molecule has 0 bridgehead atoms. The second-order valence-electron chi connectivity index (χ2n) is 4.15. The summed E-state index contributed by atoms with van der Waals surface area (Å²) >= 11 is 0. The van der Waals surface area contributed by atoms with Gasteiger partial charge in [-0.15, -0.1) is 0 Å². The number of aromatic nitrogens is 1. The van der Waals surface area contributed by atoms with E-state index in [1.54, 1.807) is 6.92 Å². The van der Waals surface area contributed by atoms with Gasteiger partial charge in [-0.25, -0.2) is 4.98 Å². The Labute approximate surface area is 95.1 Å². The van der Waals surface area contributed by atoms with Crippen LogP contribution in [0, 0.1) is 12.8 Å². The van der Waals surface area contributed by atoms with Crippen molar-refractivity contribution < 1.29 is 14.3 Å². The molecule has 0 saturated heterocycles. The first-order valence-corrected chi connectivity index (χ1v) is 5.26. The van der Waals surface area contributed by atoms with Crippen molar-refractivity contribution in [3.63, 3.8) is 0 Å². The molecular weight excluding hydrogens is 208 g/mol. The zero-order valence-corrected chi connectivity index (χ0v) is 10.1. The number of carboxylic acid groups (broad SMARTS) is 1. The summed E-state index contributed by atoms with van der Waals surface area (Å²) in [5, 5.41) is 8.84.